The number of carboxylic acids is 1. The molecule has 3 rings (SSSR count). The number of carbonyl (C=O) groups is 3. The summed E-state index contributed by atoms with van der Waals surface area (Å²) in [7, 11) is 1.31. The van der Waals surface area contributed by atoms with Crippen molar-refractivity contribution in [3.05, 3.63) is 40.3 Å². The number of amides is 1. The first-order valence-corrected chi connectivity index (χ1v) is 11.1. The molecule has 1 aromatic heterocycles. The molecule has 6 nitrogen and oxygen atoms in total. The number of nitrogens with one attached hydrogen (secondary N) is 1. The van der Waals surface area contributed by atoms with E-state index in [0.29, 0.717) is 16.5 Å². The minimum absolute atomic E-state index is 0.154. The second-order valence-corrected chi connectivity index (χ2v) is 8.85. The summed E-state index contributed by atoms with van der Waals surface area (Å²) >= 11 is 1.29. The Balaban J connectivity index is 1.90. The monoisotopic (exact) mass is 429 g/mol. The fourth-order valence-corrected chi connectivity index (χ4v) is 5.13. The Hall–Kier alpha value is -2.67. The van der Waals surface area contributed by atoms with Gasteiger partial charge in [0.25, 0.3) is 0 Å². The van der Waals surface area contributed by atoms with Crippen molar-refractivity contribution in [1.29, 1.82) is 0 Å². The van der Waals surface area contributed by atoms with Crippen LogP contribution in [0.2, 0.25) is 0 Å². The number of hydrogen-bond acceptors (Lipinski definition) is 5. The predicted molar refractivity (Wildman–Crippen MR) is 117 cm³/mol. The van der Waals surface area contributed by atoms with E-state index in [1.165, 1.54) is 56.1 Å². The zero-order valence-electron chi connectivity index (χ0n) is 17.3. The van der Waals surface area contributed by atoms with Crippen LogP contribution in [0.25, 0.3) is 11.1 Å². The first-order chi connectivity index (χ1) is 14.4. The first-order valence-electron chi connectivity index (χ1n) is 10.2. The van der Waals surface area contributed by atoms with Crippen LogP contribution in [0.4, 0.5) is 5.00 Å². The number of benzene rings is 1. The number of carbonyl (C=O) groups excluding carboxylic acids is 2. The number of hydrogen-bond donors (Lipinski definition) is 2. The van der Waals surface area contributed by atoms with Crippen molar-refractivity contribution in [3.8, 4) is 11.1 Å². The van der Waals surface area contributed by atoms with Gasteiger partial charge in [0.15, 0.2) is 0 Å². The number of ether oxygens (including phenoxy) is 1. The molecule has 160 valence electrons. The molecule has 0 bridgehead atoms. The molecule has 2 aromatic rings. The van der Waals surface area contributed by atoms with Crippen LogP contribution in [0.1, 0.15) is 71.7 Å². The minimum atomic E-state index is -1.04. The van der Waals surface area contributed by atoms with Gasteiger partial charge in [0.1, 0.15) is 10.6 Å². The van der Waals surface area contributed by atoms with Crippen LogP contribution in [0.5, 0.6) is 0 Å². The van der Waals surface area contributed by atoms with Gasteiger partial charge < -0.3 is 15.2 Å². The highest BCUT2D eigenvalue weighted by Crippen LogP contribution is 2.41. The standard InChI is InChI=1S/C23H27NO5S/c1-14-20(17-10-8-16(9-11-17)15-6-4-3-5-7-15)21(23(28)29-2)22(30-14)24-18(25)12-13-19(26)27/h8-11,15H,3-7,12-13H2,1-2H3,(H,24,25)(H,26,27). The molecule has 0 atom stereocenters. The van der Waals surface area contributed by atoms with E-state index in [1.54, 1.807) is 0 Å². The number of aryl methyl sites for hydroxylation is 1. The highest BCUT2D eigenvalue weighted by atomic mass is 32.1. The minimum Gasteiger partial charge on any atom is -0.481 e. The quantitative estimate of drug-likeness (QED) is 0.578. The third-order valence-electron chi connectivity index (χ3n) is 5.57. The lowest BCUT2D eigenvalue weighted by molar-refractivity contribution is -0.138. The molecular weight excluding hydrogens is 402 g/mol. The Morgan fingerprint density at radius 3 is 2.37 bits per heavy atom. The maximum atomic E-state index is 12.5. The molecular formula is C23H27NO5S. The first kappa shape index (κ1) is 22.0. The van der Waals surface area contributed by atoms with Gasteiger partial charge in [-0.3, -0.25) is 9.59 Å². The van der Waals surface area contributed by atoms with Gasteiger partial charge in [0, 0.05) is 16.9 Å². The second-order valence-electron chi connectivity index (χ2n) is 7.63. The van der Waals surface area contributed by atoms with E-state index < -0.39 is 17.8 Å². The molecule has 1 aliphatic carbocycles. The number of anilines is 1. The molecule has 1 fully saturated rings. The van der Waals surface area contributed by atoms with Crippen molar-refractivity contribution < 1.29 is 24.2 Å². The summed E-state index contributed by atoms with van der Waals surface area (Å²) in [6.45, 7) is 1.90. The molecule has 1 saturated carbocycles. The Morgan fingerprint density at radius 2 is 1.77 bits per heavy atom. The molecule has 1 heterocycles. The normalized spacial score (nSPS) is 14.3. The molecule has 0 radical (unpaired) electrons. The number of carboxylic acid groups (broad SMARTS) is 1. The van der Waals surface area contributed by atoms with E-state index in [9.17, 15) is 14.4 Å². The maximum absolute atomic E-state index is 12.5. The van der Waals surface area contributed by atoms with Crippen LogP contribution in [0.15, 0.2) is 24.3 Å². The fraction of sp³-hybridized carbons (Fsp3) is 0.435. The Kier molecular flexibility index (Phi) is 7.26. The highest BCUT2D eigenvalue weighted by molar-refractivity contribution is 7.17. The maximum Gasteiger partial charge on any atom is 0.341 e. The van der Waals surface area contributed by atoms with Crippen LogP contribution < -0.4 is 5.32 Å². The van der Waals surface area contributed by atoms with Crippen LogP contribution in [-0.4, -0.2) is 30.1 Å². The summed E-state index contributed by atoms with van der Waals surface area (Å²) in [5.41, 5.74) is 3.28. The second kappa shape index (κ2) is 9.89. The van der Waals surface area contributed by atoms with Crippen molar-refractivity contribution in [2.24, 2.45) is 0 Å². The molecule has 2 N–H and O–H groups in total. The van der Waals surface area contributed by atoms with Crippen molar-refractivity contribution in [3.63, 3.8) is 0 Å². The summed E-state index contributed by atoms with van der Waals surface area (Å²) in [6, 6.07) is 8.33. The molecule has 1 aliphatic rings. The molecule has 0 saturated heterocycles. The summed E-state index contributed by atoms with van der Waals surface area (Å²) in [5, 5.41) is 11.9. The average Bonchev–Trinajstić information content (AvgIpc) is 3.07. The lowest BCUT2D eigenvalue weighted by Crippen LogP contribution is -2.15. The highest BCUT2D eigenvalue weighted by Gasteiger charge is 2.25. The lowest BCUT2D eigenvalue weighted by atomic mass is 9.83. The Bertz CT molecular complexity index is 926. The smallest absolute Gasteiger partial charge is 0.341 e. The summed E-state index contributed by atoms with van der Waals surface area (Å²) in [6.07, 6.45) is 5.87. The van der Waals surface area contributed by atoms with Gasteiger partial charge in [-0.1, -0.05) is 43.5 Å². The average molecular weight is 430 g/mol. The molecule has 1 amide bonds. The van der Waals surface area contributed by atoms with E-state index in [-0.39, 0.29) is 12.8 Å². The van der Waals surface area contributed by atoms with Gasteiger partial charge in [-0.15, -0.1) is 11.3 Å². The fourth-order valence-electron chi connectivity index (χ4n) is 4.04. The molecule has 7 heteroatoms. The zero-order valence-corrected chi connectivity index (χ0v) is 18.1. The van der Waals surface area contributed by atoms with Gasteiger partial charge >= 0.3 is 11.9 Å². The van der Waals surface area contributed by atoms with Crippen LogP contribution in [0.3, 0.4) is 0 Å². The van der Waals surface area contributed by atoms with Crippen molar-refractivity contribution in [1.82, 2.24) is 0 Å². The van der Waals surface area contributed by atoms with Crippen LogP contribution >= 0.6 is 11.3 Å². The van der Waals surface area contributed by atoms with Gasteiger partial charge in [-0.25, -0.2) is 4.79 Å². The van der Waals surface area contributed by atoms with Gasteiger partial charge in [0.2, 0.25) is 5.91 Å². The van der Waals surface area contributed by atoms with E-state index in [1.807, 2.05) is 19.1 Å². The Labute approximate surface area is 180 Å². The SMILES string of the molecule is COC(=O)c1c(NC(=O)CCC(=O)O)sc(C)c1-c1ccc(C2CCCCC2)cc1. The summed E-state index contributed by atoms with van der Waals surface area (Å²) < 4.78 is 4.97. The van der Waals surface area contributed by atoms with Gasteiger partial charge in [0.05, 0.1) is 13.5 Å². The van der Waals surface area contributed by atoms with E-state index >= 15 is 0 Å². The third-order valence-corrected chi connectivity index (χ3v) is 6.59. The number of rotatable bonds is 7. The molecule has 30 heavy (non-hydrogen) atoms. The number of esters is 1. The third kappa shape index (κ3) is 5.08. The summed E-state index contributed by atoms with van der Waals surface area (Å²) in [4.78, 5) is 36.3. The predicted octanol–water partition coefficient (Wildman–Crippen LogP) is 5.36. The lowest BCUT2D eigenvalue weighted by Gasteiger charge is -2.22. The number of thiophene rings is 1. The van der Waals surface area contributed by atoms with Crippen LogP contribution in [0, 0.1) is 6.92 Å². The summed E-state index contributed by atoms with van der Waals surface area (Å²) in [5.74, 6) is -1.41. The van der Waals surface area contributed by atoms with E-state index in [0.717, 1.165) is 16.0 Å². The Morgan fingerprint density at radius 1 is 1.10 bits per heavy atom. The largest absolute Gasteiger partial charge is 0.481 e. The number of methoxy groups -OCH3 is 1. The molecule has 1 aromatic carbocycles. The van der Waals surface area contributed by atoms with Gasteiger partial charge in [-0.2, -0.15) is 0 Å². The van der Waals surface area contributed by atoms with Crippen molar-refractivity contribution in [2.75, 3.05) is 12.4 Å². The zero-order chi connectivity index (χ0) is 21.7. The van der Waals surface area contributed by atoms with Gasteiger partial charge in [-0.05, 0) is 36.8 Å². The van der Waals surface area contributed by atoms with Crippen molar-refractivity contribution in [2.45, 2.75) is 57.8 Å². The number of aliphatic carboxylic acids is 1. The molecule has 0 unspecified atom stereocenters. The topological polar surface area (TPSA) is 92.7 Å². The van der Waals surface area contributed by atoms with Crippen LogP contribution in [-0.2, 0) is 14.3 Å². The molecule has 0 spiro atoms. The van der Waals surface area contributed by atoms with E-state index in [4.69, 9.17) is 9.84 Å². The van der Waals surface area contributed by atoms with Crippen molar-refractivity contribution >= 4 is 34.2 Å². The molecule has 0 aliphatic heterocycles. The van der Waals surface area contributed by atoms with E-state index in [2.05, 4.69) is 17.4 Å².